The van der Waals surface area contributed by atoms with Gasteiger partial charge in [-0.3, -0.25) is 9.44 Å². The standard InChI is InChI=1S/C20H18Cl2N2O4S2/c1-13-5-3-6-15(11-13)23-29(25,26)16-10-9-14(2)18(12-16)24-30(27,28)19-8-4-7-17(21)20(19)22/h3-12,23-24H,1-2H3. The summed E-state index contributed by atoms with van der Waals surface area (Å²) in [5.74, 6) is 0. The van der Waals surface area contributed by atoms with Crippen LogP contribution in [0.5, 0.6) is 0 Å². The minimum atomic E-state index is -4.10. The van der Waals surface area contributed by atoms with Gasteiger partial charge in [0.15, 0.2) is 0 Å². The Hall–Kier alpha value is -2.26. The van der Waals surface area contributed by atoms with Crippen LogP contribution < -0.4 is 9.44 Å². The number of aryl methyl sites for hydroxylation is 2. The first-order valence-corrected chi connectivity index (χ1v) is 12.4. The molecule has 0 spiro atoms. The number of nitrogens with one attached hydrogen (secondary N) is 2. The molecule has 0 aromatic heterocycles. The predicted molar refractivity (Wildman–Crippen MR) is 120 cm³/mol. The molecule has 3 aromatic rings. The summed E-state index contributed by atoms with van der Waals surface area (Å²) < 4.78 is 56.0. The van der Waals surface area contributed by atoms with Crippen molar-refractivity contribution in [1.82, 2.24) is 0 Å². The van der Waals surface area contributed by atoms with Gasteiger partial charge in [0.2, 0.25) is 0 Å². The first-order valence-electron chi connectivity index (χ1n) is 8.66. The number of anilines is 2. The fourth-order valence-electron chi connectivity index (χ4n) is 2.69. The molecule has 0 atom stereocenters. The van der Waals surface area contributed by atoms with Gasteiger partial charge in [0.05, 0.1) is 20.6 Å². The molecule has 0 heterocycles. The molecule has 30 heavy (non-hydrogen) atoms. The van der Waals surface area contributed by atoms with E-state index in [1.807, 2.05) is 13.0 Å². The summed E-state index contributed by atoms with van der Waals surface area (Å²) in [4.78, 5) is -0.299. The Morgan fingerprint density at radius 3 is 2.17 bits per heavy atom. The fourth-order valence-corrected chi connectivity index (χ4v) is 5.65. The lowest BCUT2D eigenvalue weighted by Crippen LogP contribution is -2.16. The highest BCUT2D eigenvalue weighted by Gasteiger charge is 2.22. The van der Waals surface area contributed by atoms with Gasteiger partial charge in [-0.2, -0.15) is 0 Å². The highest BCUT2D eigenvalue weighted by Crippen LogP contribution is 2.31. The van der Waals surface area contributed by atoms with E-state index >= 15 is 0 Å². The van der Waals surface area contributed by atoms with E-state index in [9.17, 15) is 16.8 Å². The smallest absolute Gasteiger partial charge is 0.263 e. The molecular formula is C20H18Cl2N2O4S2. The van der Waals surface area contributed by atoms with E-state index in [4.69, 9.17) is 23.2 Å². The maximum Gasteiger partial charge on any atom is 0.263 e. The first kappa shape index (κ1) is 22.4. The SMILES string of the molecule is Cc1cccc(NS(=O)(=O)c2ccc(C)c(NS(=O)(=O)c3cccc(Cl)c3Cl)c2)c1. The maximum atomic E-state index is 12.8. The summed E-state index contributed by atoms with van der Waals surface area (Å²) in [5.41, 5.74) is 1.94. The van der Waals surface area contributed by atoms with Crippen LogP contribution in [0.4, 0.5) is 11.4 Å². The van der Waals surface area contributed by atoms with Gasteiger partial charge in [0, 0.05) is 5.69 Å². The monoisotopic (exact) mass is 484 g/mol. The summed E-state index contributed by atoms with van der Waals surface area (Å²) in [6, 6.07) is 15.3. The van der Waals surface area contributed by atoms with Crippen molar-refractivity contribution in [3.8, 4) is 0 Å². The minimum Gasteiger partial charge on any atom is -0.280 e. The molecule has 0 unspecified atom stereocenters. The summed E-state index contributed by atoms with van der Waals surface area (Å²) in [6.45, 7) is 3.50. The average molecular weight is 485 g/mol. The lowest BCUT2D eigenvalue weighted by Gasteiger charge is -2.14. The Balaban J connectivity index is 1.96. The largest absolute Gasteiger partial charge is 0.280 e. The van der Waals surface area contributed by atoms with Gasteiger partial charge >= 0.3 is 0 Å². The molecule has 6 nitrogen and oxygen atoms in total. The van der Waals surface area contributed by atoms with Crippen molar-refractivity contribution in [3.05, 3.63) is 81.8 Å². The molecular weight excluding hydrogens is 467 g/mol. The number of sulfonamides is 2. The van der Waals surface area contributed by atoms with Crippen LogP contribution in [-0.4, -0.2) is 16.8 Å². The number of hydrogen-bond acceptors (Lipinski definition) is 4. The van der Waals surface area contributed by atoms with Gasteiger partial charge < -0.3 is 0 Å². The third kappa shape index (κ3) is 4.89. The Morgan fingerprint density at radius 1 is 0.767 bits per heavy atom. The van der Waals surface area contributed by atoms with E-state index in [2.05, 4.69) is 9.44 Å². The Morgan fingerprint density at radius 2 is 1.47 bits per heavy atom. The van der Waals surface area contributed by atoms with E-state index < -0.39 is 20.0 Å². The molecule has 3 rings (SSSR count). The molecule has 0 aliphatic rings. The number of rotatable bonds is 6. The lowest BCUT2D eigenvalue weighted by molar-refractivity contribution is 0.598. The zero-order valence-corrected chi connectivity index (χ0v) is 19.1. The van der Waals surface area contributed by atoms with Gasteiger partial charge in [-0.1, -0.05) is 47.5 Å². The van der Waals surface area contributed by atoms with Crippen molar-refractivity contribution < 1.29 is 16.8 Å². The predicted octanol–water partition coefficient (Wildman–Crippen LogP) is 5.21. The van der Waals surface area contributed by atoms with Crippen LogP contribution in [0.25, 0.3) is 0 Å². The molecule has 0 radical (unpaired) electrons. The van der Waals surface area contributed by atoms with E-state index in [1.54, 1.807) is 25.1 Å². The summed E-state index contributed by atoms with van der Waals surface area (Å²) in [7, 11) is -8.03. The fraction of sp³-hybridized carbons (Fsp3) is 0.100. The Kier molecular flexibility index (Phi) is 6.33. The quantitative estimate of drug-likeness (QED) is 0.501. The van der Waals surface area contributed by atoms with Crippen molar-refractivity contribution in [2.45, 2.75) is 23.6 Å². The summed E-state index contributed by atoms with van der Waals surface area (Å²) >= 11 is 11.9. The first-order chi connectivity index (χ1) is 14.0. The molecule has 0 saturated carbocycles. The number of benzene rings is 3. The molecule has 0 bridgehead atoms. The molecule has 158 valence electrons. The number of hydrogen-bond donors (Lipinski definition) is 2. The van der Waals surface area contributed by atoms with Crippen molar-refractivity contribution in [1.29, 1.82) is 0 Å². The molecule has 10 heteroatoms. The van der Waals surface area contributed by atoms with Crippen LogP contribution in [0.15, 0.2) is 70.5 Å². The highest BCUT2D eigenvalue weighted by atomic mass is 35.5. The zero-order chi connectivity index (χ0) is 22.1. The minimum absolute atomic E-state index is 0.0925. The lowest BCUT2D eigenvalue weighted by atomic mass is 10.2. The molecule has 0 aliphatic heterocycles. The molecule has 0 fully saturated rings. The van der Waals surface area contributed by atoms with E-state index in [0.717, 1.165) is 5.56 Å². The second-order valence-corrected chi connectivity index (χ2v) is 10.7. The van der Waals surface area contributed by atoms with Crippen LogP contribution in [0.2, 0.25) is 10.0 Å². The van der Waals surface area contributed by atoms with E-state index in [-0.39, 0.29) is 25.5 Å². The van der Waals surface area contributed by atoms with Crippen LogP contribution >= 0.6 is 23.2 Å². The third-order valence-corrected chi connectivity index (χ3v) is 7.96. The van der Waals surface area contributed by atoms with Gasteiger partial charge in [-0.15, -0.1) is 0 Å². The molecule has 3 aromatic carbocycles. The normalized spacial score (nSPS) is 11.9. The molecule has 0 saturated heterocycles. The van der Waals surface area contributed by atoms with Gasteiger partial charge in [0.1, 0.15) is 4.90 Å². The Bertz CT molecular complexity index is 1320. The van der Waals surface area contributed by atoms with Crippen molar-refractivity contribution >= 4 is 54.6 Å². The van der Waals surface area contributed by atoms with Crippen LogP contribution in [0.3, 0.4) is 0 Å². The molecule has 0 aliphatic carbocycles. The third-order valence-electron chi connectivity index (χ3n) is 4.24. The maximum absolute atomic E-state index is 12.8. The van der Waals surface area contributed by atoms with Crippen molar-refractivity contribution in [2.75, 3.05) is 9.44 Å². The highest BCUT2D eigenvalue weighted by molar-refractivity contribution is 7.93. The summed E-state index contributed by atoms with van der Waals surface area (Å²) in [5, 5.41) is -0.0239. The van der Waals surface area contributed by atoms with Crippen LogP contribution in [0.1, 0.15) is 11.1 Å². The Labute approximate surface area is 186 Å². The van der Waals surface area contributed by atoms with E-state index in [0.29, 0.717) is 11.3 Å². The van der Waals surface area contributed by atoms with E-state index in [1.165, 1.54) is 36.4 Å². The second-order valence-electron chi connectivity index (χ2n) is 6.61. The zero-order valence-electron chi connectivity index (χ0n) is 16.0. The molecule has 2 N–H and O–H groups in total. The van der Waals surface area contributed by atoms with Gasteiger partial charge in [-0.25, -0.2) is 16.8 Å². The average Bonchev–Trinajstić information content (AvgIpc) is 2.65. The summed E-state index contributed by atoms with van der Waals surface area (Å²) in [6.07, 6.45) is 0. The van der Waals surface area contributed by atoms with Crippen molar-refractivity contribution in [3.63, 3.8) is 0 Å². The topological polar surface area (TPSA) is 92.3 Å². The van der Waals surface area contributed by atoms with Gasteiger partial charge in [0.25, 0.3) is 20.0 Å². The van der Waals surface area contributed by atoms with Crippen LogP contribution in [-0.2, 0) is 20.0 Å². The molecule has 0 amide bonds. The second kappa shape index (κ2) is 8.47. The number of halogens is 2. The van der Waals surface area contributed by atoms with Crippen molar-refractivity contribution in [2.24, 2.45) is 0 Å². The van der Waals surface area contributed by atoms with Crippen LogP contribution in [0, 0.1) is 13.8 Å². The van der Waals surface area contributed by atoms with Gasteiger partial charge in [-0.05, 0) is 61.4 Å².